The number of carbonyl (C=O) groups excluding carboxylic acids is 1. The van der Waals surface area contributed by atoms with Gasteiger partial charge in [0, 0.05) is 24.2 Å². The first-order valence-corrected chi connectivity index (χ1v) is 6.32. The molecule has 2 N–H and O–H groups in total. The van der Waals surface area contributed by atoms with Crippen LogP contribution in [0.3, 0.4) is 0 Å². The number of furan rings is 1. The topological polar surface area (TPSA) is 106 Å². The molecule has 0 saturated heterocycles. The van der Waals surface area contributed by atoms with Crippen molar-refractivity contribution in [1.29, 1.82) is 0 Å². The fraction of sp³-hybridized carbons (Fsp3) is 0.214. The Hall–Kier alpha value is -2.67. The summed E-state index contributed by atoms with van der Waals surface area (Å²) in [5.74, 6) is 0.00458. The Bertz CT molecular complexity index is 624. The molecule has 21 heavy (non-hydrogen) atoms. The van der Waals surface area contributed by atoms with Crippen LogP contribution in [0.5, 0.6) is 0 Å². The van der Waals surface area contributed by atoms with Gasteiger partial charge in [0.05, 0.1) is 11.2 Å². The zero-order chi connectivity index (χ0) is 15.2. The molecule has 0 fully saturated rings. The van der Waals surface area contributed by atoms with Gasteiger partial charge in [0.2, 0.25) is 0 Å². The number of hydrogen-bond donors (Lipinski definition) is 2. The zero-order valence-corrected chi connectivity index (χ0v) is 11.1. The smallest absolute Gasteiger partial charge is 0.270 e. The number of nitro benzene ring substituents is 1. The van der Waals surface area contributed by atoms with Crippen LogP contribution in [0.2, 0.25) is 0 Å². The SMILES string of the molecule is O=C(NCCC(O)c1ccco1)c1cccc([N+](=O)[O-])c1. The quantitative estimate of drug-likeness (QED) is 0.625. The molecule has 0 radical (unpaired) electrons. The Morgan fingerprint density at radius 2 is 2.19 bits per heavy atom. The molecule has 0 aliphatic carbocycles. The second-order valence-corrected chi connectivity index (χ2v) is 4.38. The molecule has 1 aromatic carbocycles. The van der Waals surface area contributed by atoms with Crippen LogP contribution in [0.1, 0.15) is 28.6 Å². The Kier molecular flexibility index (Phi) is 4.68. The summed E-state index contributed by atoms with van der Waals surface area (Å²) in [6.07, 6.45) is 0.944. The van der Waals surface area contributed by atoms with Gasteiger partial charge >= 0.3 is 0 Å². The average Bonchev–Trinajstić information content (AvgIpc) is 3.01. The molecule has 1 aromatic heterocycles. The van der Waals surface area contributed by atoms with E-state index in [9.17, 15) is 20.0 Å². The number of rotatable bonds is 6. The number of nitro groups is 1. The summed E-state index contributed by atoms with van der Waals surface area (Å²) in [6.45, 7) is 0.226. The van der Waals surface area contributed by atoms with E-state index < -0.39 is 16.9 Å². The van der Waals surface area contributed by atoms with E-state index in [-0.39, 0.29) is 24.2 Å². The normalized spacial score (nSPS) is 11.9. The average molecular weight is 290 g/mol. The molecule has 1 amide bonds. The van der Waals surface area contributed by atoms with Crippen molar-refractivity contribution < 1.29 is 19.2 Å². The number of carbonyl (C=O) groups is 1. The molecule has 110 valence electrons. The molecule has 2 aromatic rings. The zero-order valence-electron chi connectivity index (χ0n) is 11.1. The number of aliphatic hydroxyl groups excluding tert-OH is 1. The fourth-order valence-electron chi connectivity index (χ4n) is 1.81. The molecule has 0 aliphatic rings. The molecule has 1 atom stereocenters. The molecule has 0 saturated carbocycles. The lowest BCUT2D eigenvalue weighted by Gasteiger charge is -2.09. The molecule has 1 unspecified atom stereocenters. The third-order valence-electron chi connectivity index (χ3n) is 2.89. The predicted octanol–water partition coefficient (Wildman–Crippen LogP) is 2.04. The summed E-state index contributed by atoms with van der Waals surface area (Å²) in [6, 6.07) is 8.78. The molecule has 0 spiro atoms. The van der Waals surface area contributed by atoms with Gasteiger partial charge in [0.1, 0.15) is 11.9 Å². The van der Waals surface area contributed by atoms with Crippen molar-refractivity contribution in [2.24, 2.45) is 0 Å². The Balaban J connectivity index is 1.87. The van der Waals surface area contributed by atoms with Crippen LogP contribution >= 0.6 is 0 Å². The Morgan fingerprint density at radius 3 is 2.86 bits per heavy atom. The van der Waals surface area contributed by atoms with E-state index in [0.29, 0.717) is 5.76 Å². The van der Waals surface area contributed by atoms with Crippen molar-refractivity contribution in [3.63, 3.8) is 0 Å². The molecule has 1 heterocycles. The predicted molar refractivity (Wildman–Crippen MR) is 73.7 cm³/mol. The minimum absolute atomic E-state index is 0.140. The van der Waals surface area contributed by atoms with Crippen LogP contribution in [-0.4, -0.2) is 22.5 Å². The standard InChI is InChI=1S/C14H14N2O5/c17-12(13-5-2-8-21-13)6-7-15-14(18)10-3-1-4-11(9-10)16(19)20/h1-5,8-9,12,17H,6-7H2,(H,15,18). The highest BCUT2D eigenvalue weighted by molar-refractivity contribution is 5.94. The summed E-state index contributed by atoms with van der Waals surface area (Å²) in [7, 11) is 0. The highest BCUT2D eigenvalue weighted by Gasteiger charge is 2.13. The molecular formula is C14H14N2O5. The number of nitrogens with zero attached hydrogens (tertiary/aromatic N) is 1. The maximum Gasteiger partial charge on any atom is 0.270 e. The number of aliphatic hydroxyl groups is 1. The van der Waals surface area contributed by atoms with Crippen molar-refractivity contribution >= 4 is 11.6 Å². The fourth-order valence-corrected chi connectivity index (χ4v) is 1.81. The first kappa shape index (κ1) is 14.7. The maximum absolute atomic E-state index is 11.8. The second kappa shape index (κ2) is 6.67. The minimum atomic E-state index is -0.801. The van der Waals surface area contributed by atoms with Gasteiger partial charge in [-0.3, -0.25) is 14.9 Å². The molecule has 2 rings (SSSR count). The number of amides is 1. The van der Waals surface area contributed by atoms with Crippen LogP contribution < -0.4 is 5.32 Å². The number of nitrogens with one attached hydrogen (secondary N) is 1. The lowest BCUT2D eigenvalue weighted by Crippen LogP contribution is -2.25. The lowest BCUT2D eigenvalue weighted by atomic mass is 10.1. The molecule has 0 aliphatic heterocycles. The number of hydrogen-bond acceptors (Lipinski definition) is 5. The van der Waals surface area contributed by atoms with Gasteiger partial charge in [-0.2, -0.15) is 0 Å². The molecular weight excluding hydrogens is 276 g/mol. The van der Waals surface area contributed by atoms with Crippen molar-refractivity contribution in [2.75, 3.05) is 6.54 Å². The first-order valence-electron chi connectivity index (χ1n) is 6.32. The third-order valence-corrected chi connectivity index (χ3v) is 2.89. The molecule has 7 heteroatoms. The van der Waals surface area contributed by atoms with Gasteiger partial charge < -0.3 is 14.8 Å². The van der Waals surface area contributed by atoms with Crippen LogP contribution in [-0.2, 0) is 0 Å². The second-order valence-electron chi connectivity index (χ2n) is 4.38. The van der Waals surface area contributed by atoms with Crippen LogP contribution in [0, 0.1) is 10.1 Å². The van der Waals surface area contributed by atoms with E-state index in [1.165, 1.54) is 30.5 Å². The van der Waals surface area contributed by atoms with E-state index in [4.69, 9.17) is 4.42 Å². The highest BCUT2D eigenvalue weighted by Crippen LogP contribution is 2.16. The van der Waals surface area contributed by atoms with Gasteiger partial charge in [0.25, 0.3) is 11.6 Å². The van der Waals surface area contributed by atoms with Gasteiger partial charge in [-0.1, -0.05) is 6.07 Å². The van der Waals surface area contributed by atoms with Crippen molar-refractivity contribution in [3.05, 3.63) is 64.1 Å². The summed E-state index contributed by atoms with van der Waals surface area (Å²) < 4.78 is 5.04. The number of benzene rings is 1. The van der Waals surface area contributed by atoms with Gasteiger partial charge in [0.15, 0.2) is 0 Å². The van der Waals surface area contributed by atoms with Crippen molar-refractivity contribution in [2.45, 2.75) is 12.5 Å². The van der Waals surface area contributed by atoms with Crippen LogP contribution in [0.4, 0.5) is 5.69 Å². The van der Waals surface area contributed by atoms with Crippen LogP contribution in [0.25, 0.3) is 0 Å². The lowest BCUT2D eigenvalue weighted by molar-refractivity contribution is -0.384. The van der Waals surface area contributed by atoms with E-state index >= 15 is 0 Å². The maximum atomic E-state index is 11.8. The monoisotopic (exact) mass is 290 g/mol. The first-order chi connectivity index (χ1) is 10.1. The summed E-state index contributed by atoms with van der Waals surface area (Å²) in [4.78, 5) is 21.9. The summed E-state index contributed by atoms with van der Waals surface area (Å²) >= 11 is 0. The largest absolute Gasteiger partial charge is 0.467 e. The van der Waals surface area contributed by atoms with Crippen molar-refractivity contribution in [1.82, 2.24) is 5.32 Å². The minimum Gasteiger partial charge on any atom is -0.467 e. The molecule has 0 bridgehead atoms. The highest BCUT2D eigenvalue weighted by atomic mass is 16.6. The van der Waals surface area contributed by atoms with Gasteiger partial charge in [-0.05, 0) is 24.6 Å². The summed E-state index contributed by atoms with van der Waals surface area (Å²) in [5, 5.41) is 23.0. The van der Waals surface area contributed by atoms with Crippen LogP contribution in [0.15, 0.2) is 47.1 Å². The number of non-ortho nitro benzene ring substituents is 1. The van der Waals surface area contributed by atoms with Gasteiger partial charge in [-0.25, -0.2) is 0 Å². The van der Waals surface area contributed by atoms with E-state index in [1.807, 2.05) is 0 Å². The van der Waals surface area contributed by atoms with E-state index in [2.05, 4.69) is 5.32 Å². The van der Waals surface area contributed by atoms with Crippen molar-refractivity contribution in [3.8, 4) is 0 Å². The molecule has 7 nitrogen and oxygen atoms in total. The van der Waals surface area contributed by atoms with Gasteiger partial charge in [-0.15, -0.1) is 0 Å². The third kappa shape index (κ3) is 3.90. The van der Waals surface area contributed by atoms with E-state index in [1.54, 1.807) is 12.1 Å². The van der Waals surface area contributed by atoms with E-state index in [0.717, 1.165) is 0 Å². The summed E-state index contributed by atoms with van der Waals surface area (Å²) in [5.41, 5.74) is 0.0648. The Morgan fingerprint density at radius 1 is 1.38 bits per heavy atom. The Labute approximate surface area is 120 Å².